The van der Waals surface area contributed by atoms with Crippen LogP contribution in [0.15, 0.2) is 59.8 Å². The van der Waals surface area contributed by atoms with Gasteiger partial charge in [-0.15, -0.1) is 0 Å². The maximum atomic E-state index is 8.83. The van der Waals surface area contributed by atoms with E-state index in [2.05, 4.69) is 5.16 Å². The predicted molar refractivity (Wildman–Crippen MR) is 82.4 cm³/mol. The summed E-state index contributed by atoms with van der Waals surface area (Å²) in [4.78, 5) is 0. The number of methoxy groups -OCH3 is 1. The molecule has 0 saturated carbocycles. The summed E-state index contributed by atoms with van der Waals surface area (Å²) >= 11 is 6.42. The normalized spacial score (nSPS) is 12.3. The SMILES string of the molecule is COc1ccc(/C(Cl)=C(\C=N/O)c2ccccc2)cc1. The largest absolute Gasteiger partial charge is 0.497 e. The number of hydrogen-bond acceptors (Lipinski definition) is 3. The number of ether oxygens (including phenoxy) is 1. The standard InChI is InChI=1S/C16H14ClNO2/c1-20-14-9-7-13(8-10-14)16(17)15(11-18-19)12-5-3-2-4-6-12/h2-11,19H,1H3/b16-15-,18-11-. The molecular weight excluding hydrogens is 274 g/mol. The molecule has 0 bridgehead atoms. The first-order valence-electron chi connectivity index (χ1n) is 6.03. The Balaban J connectivity index is 2.48. The highest BCUT2D eigenvalue weighted by Gasteiger charge is 2.08. The van der Waals surface area contributed by atoms with E-state index in [1.165, 1.54) is 6.21 Å². The average molecular weight is 288 g/mol. The summed E-state index contributed by atoms with van der Waals surface area (Å²) in [6, 6.07) is 16.9. The topological polar surface area (TPSA) is 41.8 Å². The van der Waals surface area contributed by atoms with Crippen LogP contribution in [0.5, 0.6) is 5.75 Å². The molecule has 2 rings (SSSR count). The van der Waals surface area contributed by atoms with Crippen molar-refractivity contribution in [2.24, 2.45) is 5.16 Å². The van der Waals surface area contributed by atoms with Crippen LogP contribution in [-0.2, 0) is 0 Å². The number of halogens is 1. The molecule has 0 aliphatic rings. The van der Waals surface area contributed by atoms with Crippen molar-refractivity contribution in [3.05, 3.63) is 65.7 Å². The Morgan fingerprint density at radius 1 is 1.05 bits per heavy atom. The Morgan fingerprint density at radius 2 is 1.70 bits per heavy atom. The third-order valence-corrected chi connectivity index (χ3v) is 3.27. The molecule has 0 aliphatic heterocycles. The third-order valence-electron chi connectivity index (χ3n) is 2.85. The zero-order valence-corrected chi connectivity index (χ0v) is 11.7. The van der Waals surface area contributed by atoms with E-state index < -0.39 is 0 Å². The van der Waals surface area contributed by atoms with Gasteiger partial charge in [0.2, 0.25) is 0 Å². The summed E-state index contributed by atoms with van der Waals surface area (Å²) in [6.45, 7) is 0. The van der Waals surface area contributed by atoms with Crippen LogP contribution in [0.25, 0.3) is 10.6 Å². The van der Waals surface area contributed by atoms with Gasteiger partial charge in [0.1, 0.15) is 5.75 Å². The summed E-state index contributed by atoms with van der Waals surface area (Å²) in [5.74, 6) is 0.760. The molecule has 0 heterocycles. The maximum absolute atomic E-state index is 8.83. The van der Waals surface area contributed by atoms with Crippen molar-refractivity contribution in [3.63, 3.8) is 0 Å². The fraction of sp³-hybridized carbons (Fsp3) is 0.0625. The minimum Gasteiger partial charge on any atom is -0.497 e. The highest BCUT2D eigenvalue weighted by molar-refractivity contribution is 6.56. The first-order chi connectivity index (χ1) is 9.76. The van der Waals surface area contributed by atoms with Gasteiger partial charge in [-0.1, -0.05) is 47.1 Å². The second-order valence-electron chi connectivity index (χ2n) is 4.07. The molecule has 102 valence electrons. The lowest BCUT2D eigenvalue weighted by Crippen LogP contribution is -1.90. The fourth-order valence-corrected chi connectivity index (χ4v) is 2.11. The van der Waals surface area contributed by atoms with E-state index in [0.717, 1.165) is 16.9 Å². The highest BCUT2D eigenvalue weighted by atomic mass is 35.5. The number of rotatable bonds is 4. The Labute approximate surface area is 122 Å². The van der Waals surface area contributed by atoms with Gasteiger partial charge in [0.25, 0.3) is 0 Å². The second kappa shape index (κ2) is 6.78. The molecule has 0 aromatic heterocycles. The van der Waals surface area contributed by atoms with Crippen LogP contribution < -0.4 is 4.74 Å². The minimum absolute atomic E-state index is 0.511. The average Bonchev–Trinajstić information content (AvgIpc) is 2.53. The zero-order valence-electron chi connectivity index (χ0n) is 11.0. The summed E-state index contributed by atoms with van der Waals surface area (Å²) in [5, 5.41) is 12.4. The molecule has 2 aromatic carbocycles. The minimum atomic E-state index is 0.511. The van der Waals surface area contributed by atoms with E-state index in [9.17, 15) is 0 Å². The van der Waals surface area contributed by atoms with Crippen LogP contribution in [0.2, 0.25) is 0 Å². The molecule has 0 saturated heterocycles. The number of nitrogens with zero attached hydrogens (tertiary/aromatic N) is 1. The second-order valence-corrected chi connectivity index (χ2v) is 4.44. The van der Waals surface area contributed by atoms with Gasteiger partial charge in [-0.3, -0.25) is 0 Å². The summed E-state index contributed by atoms with van der Waals surface area (Å²) in [7, 11) is 1.61. The lowest BCUT2D eigenvalue weighted by molar-refractivity contribution is 0.322. The molecule has 0 spiro atoms. The molecule has 0 atom stereocenters. The Bertz CT molecular complexity index is 619. The van der Waals surface area contributed by atoms with E-state index in [-0.39, 0.29) is 0 Å². The number of allylic oxidation sites excluding steroid dienone is 1. The van der Waals surface area contributed by atoms with Crippen molar-refractivity contribution in [1.82, 2.24) is 0 Å². The van der Waals surface area contributed by atoms with Gasteiger partial charge < -0.3 is 9.94 Å². The van der Waals surface area contributed by atoms with Gasteiger partial charge in [-0.05, 0) is 35.4 Å². The van der Waals surface area contributed by atoms with Crippen LogP contribution >= 0.6 is 11.6 Å². The fourth-order valence-electron chi connectivity index (χ4n) is 1.83. The van der Waals surface area contributed by atoms with E-state index in [0.29, 0.717) is 10.6 Å². The lowest BCUT2D eigenvalue weighted by Gasteiger charge is -2.07. The lowest BCUT2D eigenvalue weighted by atomic mass is 10.0. The molecule has 0 radical (unpaired) electrons. The summed E-state index contributed by atoms with van der Waals surface area (Å²) in [6.07, 6.45) is 1.34. The molecule has 0 unspecified atom stereocenters. The highest BCUT2D eigenvalue weighted by Crippen LogP contribution is 2.29. The van der Waals surface area contributed by atoms with E-state index >= 15 is 0 Å². The van der Waals surface area contributed by atoms with Crippen molar-refractivity contribution in [2.75, 3.05) is 7.11 Å². The Hall–Kier alpha value is -2.26. The van der Waals surface area contributed by atoms with Crippen LogP contribution in [0.3, 0.4) is 0 Å². The molecule has 0 aliphatic carbocycles. The van der Waals surface area contributed by atoms with Gasteiger partial charge in [-0.25, -0.2) is 0 Å². The third kappa shape index (κ3) is 3.19. The monoisotopic (exact) mass is 287 g/mol. The van der Waals surface area contributed by atoms with Gasteiger partial charge in [0.15, 0.2) is 0 Å². The molecule has 1 N–H and O–H groups in total. The molecule has 0 amide bonds. The quantitative estimate of drug-likeness (QED) is 0.395. The van der Waals surface area contributed by atoms with Crippen LogP contribution in [0.4, 0.5) is 0 Å². The van der Waals surface area contributed by atoms with Crippen LogP contribution in [-0.4, -0.2) is 18.5 Å². The van der Waals surface area contributed by atoms with Crippen LogP contribution in [0.1, 0.15) is 11.1 Å². The smallest absolute Gasteiger partial charge is 0.118 e. The molecule has 3 nitrogen and oxygen atoms in total. The van der Waals surface area contributed by atoms with Crippen molar-refractivity contribution >= 4 is 28.4 Å². The van der Waals surface area contributed by atoms with E-state index in [1.54, 1.807) is 7.11 Å². The van der Waals surface area contributed by atoms with Crippen molar-refractivity contribution in [3.8, 4) is 5.75 Å². The van der Waals surface area contributed by atoms with E-state index in [4.69, 9.17) is 21.5 Å². The van der Waals surface area contributed by atoms with Gasteiger partial charge in [-0.2, -0.15) is 0 Å². The molecule has 4 heteroatoms. The number of oxime groups is 1. The van der Waals surface area contributed by atoms with Gasteiger partial charge >= 0.3 is 0 Å². The zero-order chi connectivity index (χ0) is 14.4. The van der Waals surface area contributed by atoms with Crippen molar-refractivity contribution in [1.29, 1.82) is 0 Å². The first-order valence-corrected chi connectivity index (χ1v) is 6.41. The number of hydrogen-bond donors (Lipinski definition) is 1. The first kappa shape index (κ1) is 14.2. The summed E-state index contributed by atoms with van der Waals surface area (Å²) in [5.41, 5.74) is 2.36. The molecule has 2 aromatic rings. The van der Waals surface area contributed by atoms with E-state index in [1.807, 2.05) is 54.6 Å². The molecule has 0 fully saturated rings. The van der Waals surface area contributed by atoms with Gasteiger partial charge in [0.05, 0.1) is 18.4 Å². The van der Waals surface area contributed by atoms with Crippen molar-refractivity contribution < 1.29 is 9.94 Å². The van der Waals surface area contributed by atoms with Gasteiger partial charge in [0, 0.05) is 5.57 Å². The predicted octanol–water partition coefficient (Wildman–Crippen LogP) is 4.26. The Kier molecular flexibility index (Phi) is 4.80. The van der Waals surface area contributed by atoms with Crippen molar-refractivity contribution in [2.45, 2.75) is 0 Å². The summed E-state index contributed by atoms with van der Waals surface area (Å²) < 4.78 is 5.12. The number of benzene rings is 2. The maximum Gasteiger partial charge on any atom is 0.118 e. The molecular formula is C16H14ClNO2. The van der Waals surface area contributed by atoms with Crippen LogP contribution in [0, 0.1) is 0 Å². The Morgan fingerprint density at radius 3 is 2.25 bits per heavy atom. The molecule has 20 heavy (non-hydrogen) atoms.